The number of carbonyl (C=O) groups excluding carboxylic acids is 3. The van der Waals surface area contributed by atoms with Gasteiger partial charge in [0.25, 0.3) is 5.91 Å². The summed E-state index contributed by atoms with van der Waals surface area (Å²) >= 11 is 0. The number of ketones is 1. The minimum absolute atomic E-state index is 0.0472. The van der Waals surface area contributed by atoms with E-state index in [0.717, 1.165) is 57.2 Å². The minimum atomic E-state index is -0.296. The Morgan fingerprint density at radius 1 is 1.02 bits per heavy atom. The van der Waals surface area contributed by atoms with Crippen LogP contribution in [-0.4, -0.2) is 70.9 Å². The molecule has 41 heavy (non-hydrogen) atoms. The SMILES string of the molecule is C[C@@H]1C(=O)N(C)c2cnc(Nc3ccc(C(=O)NN4CCC(=O)CC4)cc3OC3CCCC3)nc2N1C1CCCC1. The molecule has 0 radical (unpaired) electrons. The average Bonchev–Trinajstić information content (AvgIpc) is 3.69. The molecule has 2 N–H and O–H groups in total. The summed E-state index contributed by atoms with van der Waals surface area (Å²) < 4.78 is 6.42. The Kier molecular flexibility index (Phi) is 7.79. The lowest BCUT2D eigenvalue weighted by molar-refractivity contribution is -0.122. The van der Waals surface area contributed by atoms with Gasteiger partial charge in [0.15, 0.2) is 5.82 Å². The van der Waals surface area contributed by atoms with Crippen LogP contribution in [0.4, 0.5) is 23.1 Å². The second kappa shape index (κ2) is 11.6. The van der Waals surface area contributed by atoms with E-state index in [1.165, 1.54) is 0 Å². The van der Waals surface area contributed by atoms with Crippen LogP contribution in [0, 0.1) is 0 Å². The number of hydrogen-bond donors (Lipinski definition) is 2. The number of fused-ring (bicyclic) bond motifs is 1. The number of Topliss-reactive ketones (excluding diaryl/α,β-unsaturated/α-hetero) is 1. The van der Waals surface area contributed by atoms with E-state index in [1.54, 1.807) is 35.3 Å². The van der Waals surface area contributed by atoms with Crippen LogP contribution in [0.3, 0.4) is 0 Å². The van der Waals surface area contributed by atoms with Crippen molar-refractivity contribution in [3.63, 3.8) is 0 Å². The highest BCUT2D eigenvalue weighted by Gasteiger charge is 2.39. The molecule has 2 aliphatic heterocycles. The zero-order valence-electron chi connectivity index (χ0n) is 23.9. The quantitative estimate of drug-likeness (QED) is 0.517. The van der Waals surface area contributed by atoms with Gasteiger partial charge in [-0.15, -0.1) is 0 Å². The summed E-state index contributed by atoms with van der Waals surface area (Å²) in [7, 11) is 1.78. The van der Waals surface area contributed by atoms with Crippen LogP contribution in [0.2, 0.25) is 0 Å². The van der Waals surface area contributed by atoms with Gasteiger partial charge in [-0.3, -0.25) is 19.8 Å². The topological polar surface area (TPSA) is 120 Å². The van der Waals surface area contributed by atoms with Crippen molar-refractivity contribution in [2.45, 2.75) is 89.3 Å². The predicted octanol–water partition coefficient (Wildman–Crippen LogP) is 3.97. The van der Waals surface area contributed by atoms with Crippen molar-refractivity contribution in [2.24, 2.45) is 0 Å². The maximum atomic E-state index is 13.1. The molecule has 2 amide bonds. The highest BCUT2D eigenvalue weighted by Crippen LogP contribution is 2.40. The Morgan fingerprint density at radius 2 is 1.73 bits per heavy atom. The Morgan fingerprint density at radius 3 is 2.46 bits per heavy atom. The molecule has 2 aliphatic carbocycles. The maximum absolute atomic E-state index is 13.1. The number of nitrogens with zero attached hydrogens (tertiary/aromatic N) is 5. The fourth-order valence-corrected chi connectivity index (χ4v) is 6.47. The van der Waals surface area contributed by atoms with E-state index >= 15 is 0 Å². The number of hydrogen-bond acceptors (Lipinski definition) is 9. The molecule has 11 nitrogen and oxygen atoms in total. The molecular formula is C30H39N7O4. The zero-order valence-corrected chi connectivity index (χ0v) is 23.9. The largest absolute Gasteiger partial charge is 0.488 e. The van der Waals surface area contributed by atoms with Crippen molar-refractivity contribution in [2.75, 3.05) is 35.3 Å². The third-order valence-electron chi connectivity index (χ3n) is 8.85. The van der Waals surface area contributed by atoms with Crippen molar-refractivity contribution >= 4 is 40.7 Å². The lowest BCUT2D eigenvalue weighted by Crippen LogP contribution is -2.54. The van der Waals surface area contributed by atoms with Gasteiger partial charge in [-0.05, 0) is 63.6 Å². The van der Waals surface area contributed by atoms with Gasteiger partial charge in [0.2, 0.25) is 11.9 Å². The summed E-state index contributed by atoms with van der Waals surface area (Å²) in [5.74, 6) is 1.79. The number of piperidine rings is 1. The van der Waals surface area contributed by atoms with Gasteiger partial charge >= 0.3 is 0 Å². The summed E-state index contributed by atoms with van der Waals surface area (Å²) in [6.07, 6.45) is 11.3. The molecule has 11 heteroatoms. The van der Waals surface area contributed by atoms with Crippen molar-refractivity contribution in [3.05, 3.63) is 30.0 Å². The first-order valence-electron chi connectivity index (χ1n) is 15.0. The Labute approximate surface area is 240 Å². The second-order valence-corrected chi connectivity index (χ2v) is 11.6. The van der Waals surface area contributed by atoms with Crippen molar-refractivity contribution < 1.29 is 19.1 Å². The number of nitrogens with one attached hydrogen (secondary N) is 2. The smallest absolute Gasteiger partial charge is 0.265 e. The fourth-order valence-electron chi connectivity index (χ4n) is 6.47. The van der Waals surface area contributed by atoms with Gasteiger partial charge < -0.3 is 19.9 Å². The van der Waals surface area contributed by atoms with Gasteiger partial charge in [-0.25, -0.2) is 9.99 Å². The molecule has 0 bridgehead atoms. The molecule has 3 fully saturated rings. The predicted molar refractivity (Wildman–Crippen MR) is 156 cm³/mol. The van der Waals surface area contributed by atoms with E-state index in [9.17, 15) is 14.4 Å². The number of rotatable bonds is 7. The Bertz CT molecular complexity index is 1310. The highest BCUT2D eigenvalue weighted by molar-refractivity contribution is 6.04. The number of hydrazine groups is 1. The molecule has 2 aromatic rings. The molecule has 4 aliphatic rings. The van der Waals surface area contributed by atoms with E-state index in [0.29, 0.717) is 54.6 Å². The third-order valence-corrected chi connectivity index (χ3v) is 8.85. The van der Waals surface area contributed by atoms with Gasteiger partial charge in [0, 0.05) is 44.6 Å². The first-order chi connectivity index (χ1) is 19.9. The van der Waals surface area contributed by atoms with Gasteiger partial charge in [0.1, 0.15) is 23.3 Å². The van der Waals surface area contributed by atoms with E-state index in [4.69, 9.17) is 9.72 Å². The first kappa shape index (κ1) is 27.4. The third kappa shape index (κ3) is 5.72. The number of likely N-dealkylation sites (N-methyl/N-ethyl adjacent to an activating group) is 1. The summed E-state index contributed by atoms with van der Waals surface area (Å²) in [6, 6.07) is 5.33. The number of anilines is 4. The molecule has 1 aromatic heterocycles. The van der Waals surface area contributed by atoms with Crippen LogP contribution >= 0.6 is 0 Å². The van der Waals surface area contributed by atoms with Gasteiger partial charge in [-0.2, -0.15) is 4.98 Å². The molecule has 1 atom stereocenters. The molecule has 2 saturated carbocycles. The minimum Gasteiger partial charge on any atom is -0.488 e. The lowest BCUT2D eigenvalue weighted by Gasteiger charge is -2.42. The standard InChI is InChI=1S/C30H39N7O4/c1-19-29(40)35(2)25-18-31-30(33-27(25)37(19)21-7-3-4-8-21)32-24-12-11-20(17-26(24)41-23-9-5-6-10-23)28(39)34-36-15-13-22(38)14-16-36/h11-12,17-19,21,23H,3-10,13-16H2,1-2H3,(H,34,39)(H,31,32,33)/t19-/m1/s1. The van der Waals surface area contributed by atoms with Crippen LogP contribution in [0.1, 0.15) is 81.5 Å². The van der Waals surface area contributed by atoms with Crippen LogP contribution < -0.4 is 25.3 Å². The molecule has 3 heterocycles. The van der Waals surface area contributed by atoms with Crippen LogP contribution in [0.5, 0.6) is 5.75 Å². The number of amides is 2. The normalized spacial score (nSPS) is 22.2. The Balaban J connectivity index is 1.27. The molecular weight excluding hydrogens is 522 g/mol. The van der Waals surface area contributed by atoms with E-state index in [-0.39, 0.29) is 35.8 Å². The molecule has 0 spiro atoms. The monoisotopic (exact) mass is 561 g/mol. The Hall–Kier alpha value is -3.73. The second-order valence-electron chi connectivity index (χ2n) is 11.6. The van der Waals surface area contributed by atoms with Crippen molar-refractivity contribution in [3.8, 4) is 5.75 Å². The highest BCUT2D eigenvalue weighted by atomic mass is 16.5. The first-order valence-corrected chi connectivity index (χ1v) is 15.0. The van der Waals surface area contributed by atoms with Crippen molar-refractivity contribution in [1.82, 2.24) is 20.4 Å². The zero-order chi connectivity index (χ0) is 28.5. The number of benzene rings is 1. The number of ether oxygens (including phenoxy) is 1. The summed E-state index contributed by atoms with van der Waals surface area (Å²) in [4.78, 5) is 51.0. The fraction of sp³-hybridized carbons (Fsp3) is 0.567. The number of carbonyl (C=O) groups is 3. The molecule has 6 rings (SSSR count). The number of aromatic nitrogens is 2. The van der Waals surface area contributed by atoms with Crippen LogP contribution in [0.15, 0.2) is 24.4 Å². The molecule has 0 unspecified atom stereocenters. The van der Waals surface area contributed by atoms with Crippen LogP contribution in [-0.2, 0) is 9.59 Å². The van der Waals surface area contributed by atoms with E-state index in [1.807, 2.05) is 13.0 Å². The van der Waals surface area contributed by atoms with Gasteiger partial charge in [0.05, 0.1) is 18.0 Å². The lowest BCUT2D eigenvalue weighted by atomic mass is 10.1. The van der Waals surface area contributed by atoms with Gasteiger partial charge in [-0.1, -0.05) is 12.8 Å². The molecule has 218 valence electrons. The molecule has 1 aromatic carbocycles. The van der Waals surface area contributed by atoms with Crippen molar-refractivity contribution in [1.29, 1.82) is 0 Å². The molecule has 1 saturated heterocycles. The summed E-state index contributed by atoms with van der Waals surface area (Å²) in [6.45, 7) is 2.99. The van der Waals surface area contributed by atoms with E-state index in [2.05, 4.69) is 20.6 Å². The van der Waals surface area contributed by atoms with Crippen LogP contribution in [0.25, 0.3) is 0 Å². The summed E-state index contributed by atoms with van der Waals surface area (Å²) in [5.41, 5.74) is 4.79. The average molecular weight is 562 g/mol. The maximum Gasteiger partial charge on any atom is 0.265 e. The summed E-state index contributed by atoms with van der Waals surface area (Å²) in [5, 5.41) is 5.14. The van der Waals surface area contributed by atoms with E-state index < -0.39 is 0 Å².